The van der Waals surface area contributed by atoms with Gasteiger partial charge in [-0.25, -0.2) is 0 Å². The van der Waals surface area contributed by atoms with E-state index in [0.717, 1.165) is 42.2 Å². The third-order valence-corrected chi connectivity index (χ3v) is 7.83. The lowest BCUT2D eigenvalue weighted by Crippen LogP contribution is -2.44. The van der Waals surface area contributed by atoms with Crippen LogP contribution in [-0.4, -0.2) is 28.1 Å². The van der Waals surface area contributed by atoms with E-state index in [1.165, 1.54) is 30.6 Å². The molecule has 2 fully saturated rings. The average molecular weight is 416 g/mol. The number of carbonyl (C=O) groups is 2. The fourth-order valence-electron chi connectivity index (χ4n) is 5.48. The number of carboxylic acids is 1. The van der Waals surface area contributed by atoms with Crippen LogP contribution in [0.15, 0.2) is 23.6 Å². The van der Waals surface area contributed by atoms with Gasteiger partial charge in [0.05, 0.1) is 5.56 Å². The van der Waals surface area contributed by atoms with Crippen molar-refractivity contribution in [3.63, 3.8) is 0 Å². The number of hydrogen-bond donors (Lipinski definition) is 3. The molecule has 1 aromatic heterocycles. The third-order valence-electron chi connectivity index (χ3n) is 6.87. The monoisotopic (exact) mass is 415 g/mol. The largest absolute Gasteiger partial charge is 0.508 e. The van der Waals surface area contributed by atoms with Gasteiger partial charge in [0.25, 0.3) is 5.91 Å². The summed E-state index contributed by atoms with van der Waals surface area (Å²) >= 11 is 1.53. The van der Waals surface area contributed by atoms with E-state index < -0.39 is 5.97 Å². The van der Waals surface area contributed by atoms with Crippen molar-refractivity contribution in [2.24, 2.45) is 17.8 Å². The summed E-state index contributed by atoms with van der Waals surface area (Å²) in [6.45, 7) is 0. The molecule has 1 aromatic carbocycles. The van der Waals surface area contributed by atoms with Crippen LogP contribution in [-0.2, 0) is 4.79 Å². The highest BCUT2D eigenvalue weighted by molar-refractivity contribution is 7.17. The van der Waals surface area contributed by atoms with E-state index >= 15 is 0 Å². The van der Waals surface area contributed by atoms with Crippen molar-refractivity contribution in [3.05, 3.63) is 29.1 Å². The number of amides is 1. The van der Waals surface area contributed by atoms with Crippen LogP contribution in [0, 0.1) is 17.8 Å². The lowest BCUT2D eigenvalue weighted by molar-refractivity contribution is -0.137. The predicted octanol–water partition coefficient (Wildman–Crippen LogP) is 5.18. The number of fused-ring (bicyclic) bond motifs is 3. The molecule has 3 unspecified atom stereocenters. The molecule has 4 rings (SSSR count). The summed E-state index contributed by atoms with van der Waals surface area (Å²) in [6.07, 6.45) is 8.97. The van der Waals surface area contributed by atoms with E-state index in [2.05, 4.69) is 5.32 Å². The summed E-state index contributed by atoms with van der Waals surface area (Å²) in [5.74, 6) is 1.29. The van der Waals surface area contributed by atoms with Crippen molar-refractivity contribution < 1.29 is 19.8 Å². The topological polar surface area (TPSA) is 86.6 Å². The van der Waals surface area contributed by atoms with Gasteiger partial charge in [-0.3, -0.25) is 9.59 Å². The molecule has 0 saturated heterocycles. The normalized spacial score (nSPS) is 25.5. The van der Waals surface area contributed by atoms with Gasteiger partial charge in [-0.2, -0.15) is 0 Å². The number of thiophene rings is 1. The van der Waals surface area contributed by atoms with Crippen LogP contribution in [0.5, 0.6) is 5.75 Å². The number of rotatable bonds is 9. The Hall–Kier alpha value is -2.08. The van der Waals surface area contributed by atoms with Gasteiger partial charge in [0.2, 0.25) is 0 Å². The van der Waals surface area contributed by atoms with Gasteiger partial charge in [-0.05, 0) is 68.1 Å². The molecule has 3 N–H and O–H groups in total. The van der Waals surface area contributed by atoms with Crippen LogP contribution >= 0.6 is 11.3 Å². The Balaban J connectivity index is 1.36. The summed E-state index contributed by atoms with van der Waals surface area (Å²) in [5.41, 5.74) is 0.663. The number of phenolic OH excluding ortho intramolecular Hbond substituents is 1. The molecular weight excluding hydrogens is 386 g/mol. The lowest BCUT2D eigenvalue weighted by Gasteiger charge is -2.32. The number of carbonyl (C=O) groups excluding carboxylic acids is 1. The number of phenols is 1. The van der Waals surface area contributed by atoms with E-state index in [1.807, 2.05) is 11.4 Å². The standard InChI is InChI=1S/C23H29NO4S/c25-16-9-10-20-18(12-16)19(13-29-20)23(28)24-22-15-8-7-14(11-15)17(22)5-3-1-2-4-6-21(26)27/h9-10,12-15,17,22,25H,1-8,11H2,(H,24,28)(H,26,27)/t14?,15-,17?,22?/m0/s1. The van der Waals surface area contributed by atoms with Gasteiger partial charge in [-0.15, -0.1) is 11.3 Å². The van der Waals surface area contributed by atoms with Crippen molar-refractivity contribution in [3.8, 4) is 5.75 Å². The minimum atomic E-state index is -0.713. The number of benzene rings is 1. The van der Waals surface area contributed by atoms with Crippen LogP contribution in [0.4, 0.5) is 0 Å². The minimum absolute atomic E-state index is 0.0224. The molecule has 2 aliphatic rings. The number of hydrogen-bond acceptors (Lipinski definition) is 4. The zero-order chi connectivity index (χ0) is 20.4. The van der Waals surface area contributed by atoms with E-state index in [0.29, 0.717) is 23.3 Å². The predicted molar refractivity (Wildman–Crippen MR) is 114 cm³/mol. The first-order chi connectivity index (χ1) is 14.0. The maximum atomic E-state index is 13.0. The molecule has 1 heterocycles. The second-order valence-corrected chi connectivity index (χ2v) is 9.58. The number of aromatic hydroxyl groups is 1. The van der Waals surface area contributed by atoms with Crippen LogP contribution in [0.2, 0.25) is 0 Å². The maximum Gasteiger partial charge on any atom is 0.303 e. The van der Waals surface area contributed by atoms with Gasteiger partial charge in [-0.1, -0.05) is 19.3 Å². The highest BCUT2D eigenvalue weighted by atomic mass is 32.1. The van der Waals surface area contributed by atoms with Gasteiger partial charge < -0.3 is 15.5 Å². The fourth-order valence-corrected chi connectivity index (χ4v) is 6.40. The Morgan fingerprint density at radius 3 is 2.72 bits per heavy atom. The molecular formula is C23H29NO4S. The Kier molecular flexibility index (Phi) is 6.09. The Morgan fingerprint density at radius 1 is 1.10 bits per heavy atom. The Morgan fingerprint density at radius 2 is 1.90 bits per heavy atom. The number of nitrogens with one attached hydrogen (secondary N) is 1. The smallest absolute Gasteiger partial charge is 0.303 e. The van der Waals surface area contributed by atoms with Crippen LogP contribution in [0.1, 0.15) is 68.1 Å². The molecule has 2 aliphatic carbocycles. The Labute approximate surface area is 175 Å². The molecule has 0 spiro atoms. The number of unbranched alkanes of at least 4 members (excludes halogenated alkanes) is 3. The van der Waals surface area contributed by atoms with Crippen molar-refractivity contribution in [2.75, 3.05) is 0 Å². The molecule has 1 amide bonds. The molecule has 156 valence electrons. The first kappa shape index (κ1) is 20.2. The molecule has 0 radical (unpaired) electrons. The van der Waals surface area contributed by atoms with Crippen molar-refractivity contribution in [2.45, 2.75) is 63.8 Å². The summed E-state index contributed by atoms with van der Waals surface area (Å²) in [7, 11) is 0. The van der Waals surface area contributed by atoms with Crippen molar-refractivity contribution in [1.82, 2.24) is 5.32 Å². The van der Waals surface area contributed by atoms with E-state index in [-0.39, 0.29) is 24.1 Å². The first-order valence-electron chi connectivity index (χ1n) is 10.8. The maximum absolute atomic E-state index is 13.0. The summed E-state index contributed by atoms with van der Waals surface area (Å²) in [4.78, 5) is 23.7. The number of aliphatic carboxylic acids is 1. The zero-order valence-corrected chi connectivity index (χ0v) is 17.4. The van der Waals surface area contributed by atoms with Gasteiger partial charge >= 0.3 is 5.97 Å². The highest BCUT2D eigenvalue weighted by Gasteiger charge is 2.47. The molecule has 2 bridgehead atoms. The first-order valence-corrected chi connectivity index (χ1v) is 11.6. The highest BCUT2D eigenvalue weighted by Crippen LogP contribution is 2.50. The SMILES string of the molecule is O=C(O)CCCCCCC1C2CC[C@@H](C2)C1NC(=O)c1csc2ccc(O)cc12. The van der Waals surface area contributed by atoms with Crippen LogP contribution in [0.3, 0.4) is 0 Å². The summed E-state index contributed by atoms with van der Waals surface area (Å²) in [6, 6.07) is 5.43. The minimum Gasteiger partial charge on any atom is -0.508 e. The van der Waals surface area contributed by atoms with Crippen molar-refractivity contribution in [1.29, 1.82) is 0 Å². The van der Waals surface area contributed by atoms with Crippen LogP contribution < -0.4 is 5.32 Å². The van der Waals surface area contributed by atoms with Gasteiger partial charge in [0, 0.05) is 27.9 Å². The second-order valence-electron chi connectivity index (χ2n) is 8.67. The van der Waals surface area contributed by atoms with E-state index in [9.17, 15) is 14.7 Å². The molecule has 2 aromatic rings. The molecule has 29 heavy (non-hydrogen) atoms. The third kappa shape index (κ3) is 4.42. The van der Waals surface area contributed by atoms with E-state index in [4.69, 9.17) is 5.11 Å². The molecule has 0 aliphatic heterocycles. The Bertz CT molecular complexity index is 892. The zero-order valence-electron chi connectivity index (χ0n) is 16.6. The average Bonchev–Trinajstić information content (AvgIpc) is 3.39. The fraction of sp³-hybridized carbons (Fsp3) is 0.565. The summed E-state index contributed by atoms with van der Waals surface area (Å²) < 4.78 is 1.01. The van der Waals surface area contributed by atoms with Crippen molar-refractivity contribution >= 4 is 33.3 Å². The molecule has 5 nitrogen and oxygen atoms in total. The van der Waals surface area contributed by atoms with E-state index in [1.54, 1.807) is 12.1 Å². The quantitative estimate of drug-likeness (QED) is 0.493. The van der Waals surface area contributed by atoms with Gasteiger partial charge in [0.15, 0.2) is 0 Å². The lowest BCUT2D eigenvalue weighted by atomic mass is 9.81. The molecule has 4 atom stereocenters. The molecule has 6 heteroatoms. The molecule has 2 saturated carbocycles. The number of carboxylic acid groups (broad SMARTS) is 1. The second kappa shape index (κ2) is 8.74. The summed E-state index contributed by atoms with van der Waals surface area (Å²) in [5, 5.41) is 24.6. The van der Waals surface area contributed by atoms with Crippen LogP contribution in [0.25, 0.3) is 10.1 Å². The van der Waals surface area contributed by atoms with Gasteiger partial charge in [0.1, 0.15) is 5.75 Å².